The minimum atomic E-state index is -0.458. The molecule has 2 saturated heterocycles. The van der Waals surface area contributed by atoms with Crippen LogP contribution in [0.3, 0.4) is 0 Å². The summed E-state index contributed by atoms with van der Waals surface area (Å²) in [5.41, 5.74) is 1.06. The molecule has 3 aliphatic heterocycles. The molecule has 0 radical (unpaired) electrons. The van der Waals surface area contributed by atoms with Crippen LogP contribution in [0.25, 0.3) is 0 Å². The smallest absolute Gasteiger partial charge is 0.317 e. The lowest BCUT2D eigenvalue weighted by atomic mass is 10.0. The average Bonchev–Trinajstić information content (AvgIpc) is 3.09. The first-order chi connectivity index (χ1) is 12.2. The molecule has 4 rings (SSSR count). The number of hydrogen-bond donors (Lipinski definition) is 1. The molecule has 25 heavy (non-hydrogen) atoms. The van der Waals surface area contributed by atoms with Crippen molar-refractivity contribution in [2.75, 3.05) is 40.0 Å². The summed E-state index contributed by atoms with van der Waals surface area (Å²) in [6, 6.07) is 5.68. The summed E-state index contributed by atoms with van der Waals surface area (Å²) in [7, 11) is 1.64. The number of carbonyl (C=O) groups is 1. The van der Waals surface area contributed by atoms with Crippen LogP contribution in [0.4, 0.5) is 4.79 Å². The van der Waals surface area contributed by atoms with Crippen LogP contribution < -0.4 is 14.8 Å². The maximum Gasteiger partial charge on any atom is 0.317 e. The van der Waals surface area contributed by atoms with E-state index >= 15 is 0 Å². The van der Waals surface area contributed by atoms with Gasteiger partial charge in [0, 0.05) is 25.9 Å². The fourth-order valence-electron chi connectivity index (χ4n) is 3.69. The Hall–Kier alpha value is -1.99. The zero-order chi connectivity index (χ0) is 17.3. The number of carbonyl (C=O) groups excluding carboxylic acids is 1. The largest absolute Gasteiger partial charge is 0.497 e. The van der Waals surface area contributed by atoms with Gasteiger partial charge in [-0.25, -0.2) is 4.79 Å². The van der Waals surface area contributed by atoms with Crippen molar-refractivity contribution >= 4 is 6.03 Å². The van der Waals surface area contributed by atoms with Crippen molar-refractivity contribution < 1.29 is 23.7 Å². The van der Waals surface area contributed by atoms with Gasteiger partial charge in [0.1, 0.15) is 18.1 Å². The molecular formula is C18H24N2O5. The molecule has 1 spiro atoms. The summed E-state index contributed by atoms with van der Waals surface area (Å²) < 4.78 is 22.4. The molecule has 1 aromatic carbocycles. The molecule has 7 heteroatoms. The van der Waals surface area contributed by atoms with E-state index < -0.39 is 5.79 Å². The summed E-state index contributed by atoms with van der Waals surface area (Å²) in [5, 5.41) is 3.09. The first-order valence-corrected chi connectivity index (χ1v) is 8.80. The molecule has 2 amide bonds. The highest BCUT2D eigenvalue weighted by Gasteiger charge is 2.41. The first kappa shape index (κ1) is 16.5. The lowest BCUT2D eigenvalue weighted by Crippen LogP contribution is -2.53. The van der Waals surface area contributed by atoms with E-state index in [4.69, 9.17) is 18.9 Å². The van der Waals surface area contributed by atoms with Gasteiger partial charge in [-0.05, 0) is 30.2 Å². The van der Waals surface area contributed by atoms with E-state index in [9.17, 15) is 4.79 Å². The van der Waals surface area contributed by atoms with Gasteiger partial charge in [-0.1, -0.05) is 0 Å². The highest BCUT2D eigenvalue weighted by molar-refractivity contribution is 5.74. The number of likely N-dealkylation sites (tertiary alicyclic amines) is 1. The second kappa shape index (κ2) is 6.72. The molecular weight excluding hydrogens is 324 g/mol. The van der Waals surface area contributed by atoms with Crippen molar-refractivity contribution in [1.82, 2.24) is 10.2 Å². The molecule has 0 aliphatic carbocycles. The Balaban J connectivity index is 1.32. The average molecular weight is 348 g/mol. The predicted molar refractivity (Wildman–Crippen MR) is 90.0 cm³/mol. The summed E-state index contributed by atoms with van der Waals surface area (Å²) in [6.07, 6.45) is 2.19. The number of rotatable bonds is 2. The molecule has 2 fully saturated rings. The number of nitrogens with one attached hydrogen (secondary N) is 1. The highest BCUT2D eigenvalue weighted by atomic mass is 16.7. The SMILES string of the molecule is COc1ccc2c(c1)C[C@@H](NC(=O)N1CCC3(CC1)OCCO3)CO2. The Bertz CT molecular complexity index is 634. The van der Waals surface area contributed by atoms with Crippen LogP contribution in [0.1, 0.15) is 18.4 Å². The molecule has 0 saturated carbocycles. The van der Waals surface area contributed by atoms with E-state index in [-0.39, 0.29) is 12.1 Å². The van der Waals surface area contributed by atoms with Crippen molar-refractivity contribution in [3.63, 3.8) is 0 Å². The van der Waals surface area contributed by atoms with Gasteiger partial charge in [0.15, 0.2) is 5.79 Å². The number of piperidine rings is 1. The van der Waals surface area contributed by atoms with E-state index in [1.54, 1.807) is 7.11 Å². The number of nitrogens with zero attached hydrogens (tertiary/aromatic N) is 1. The summed E-state index contributed by atoms with van der Waals surface area (Å²) in [4.78, 5) is 14.4. The molecule has 1 aromatic rings. The second-order valence-corrected chi connectivity index (χ2v) is 6.73. The minimum absolute atomic E-state index is 0.0398. The lowest BCUT2D eigenvalue weighted by Gasteiger charge is -2.38. The number of amides is 2. The standard InChI is InChI=1S/C18H24N2O5/c1-22-15-2-3-16-13(11-15)10-14(12-23-16)19-17(21)20-6-4-18(5-7-20)24-8-9-25-18/h2-3,11,14H,4-10,12H2,1H3,(H,19,21)/t14-/m1/s1. The van der Waals surface area contributed by atoms with Crippen LogP contribution in [0.2, 0.25) is 0 Å². The van der Waals surface area contributed by atoms with E-state index in [2.05, 4.69) is 5.32 Å². The minimum Gasteiger partial charge on any atom is -0.497 e. The Labute approximate surface area is 147 Å². The fraction of sp³-hybridized carbons (Fsp3) is 0.611. The van der Waals surface area contributed by atoms with E-state index in [0.717, 1.165) is 36.3 Å². The van der Waals surface area contributed by atoms with Crippen molar-refractivity contribution in [2.24, 2.45) is 0 Å². The topological polar surface area (TPSA) is 69.3 Å². The van der Waals surface area contributed by atoms with Gasteiger partial charge in [-0.2, -0.15) is 0 Å². The third-order valence-electron chi connectivity index (χ3n) is 5.13. The van der Waals surface area contributed by atoms with E-state index in [1.807, 2.05) is 23.1 Å². The molecule has 0 bridgehead atoms. The lowest BCUT2D eigenvalue weighted by molar-refractivity contribution is -0.181. The van der Waals surface area contributed by atoms with Gasteiger partial charge >= 0.3 is 6.03 Å². The van der Waals surface area contributed by atoms with Gasteiger partial charge in [-0.3, -0.25) is 0 Å². The van der Waals surface area contributed by atoms with Crippen LogP contribution in [0.5, 0.6) is 11.5 Å². The van der Waals surface area contributed by atoms with Crippen LogP contribution in [-0.2, 0) is 15.9 Å². The Morgan fingerprint density at radius 1 is 1.28 bits per heavy atom. The summed E-state index contributed by atoms with van der Waals surface area (Å²) in [5.74, 6) is 1.20. The predicted octanol–water partition coefficient (Wildman–Crippen LogP) is 1.55. The Morgan fingerprint density at radius 2 is 2.04 bits per heavy atom. The van der Waals surface area contributed by atoms with E-state index in [1.165, 1.54) is 0 Å². The van der Waals surface area contributed by atoms with Crippen LogP contribution >= 0.6 is 0 Å². The third-order valence-corrected chi connectivity index (χ3v) is 5.13. The monoisotopic (exact) mass is 348 g/mol. The van der Waals surface area contributed by atoms with Crippen molar-refractivity contribution in [1.29, 1.82) is 0 Å². The number of urea groups is 1. The molecule has 1 atom stereocenters. The molecule has 136 valence electrons. The van der Waals surface area contributed by atoms with Gasteiger partial charge in [-0.15, -0.1) is 0 Å². The van der Waals surface area contributed by atoms with Crippen LogP contribution in [-0.4, -0.2) is 62.8 Å². The third kappa shape index (κ3) is 3.39. The normalized spacial score (nSPS) is 24.5. The highest BCUT2D eigenvalue weighted by Crippen LogP contribution is 2.32. The molecule has 7 nitrogen and oxygen atoms in total. The van der Waals surface area contributed by atoms with Crippen molar-refractivity contribution in [3.05, 3.63) is 23.8 Å². The first-order valence-electron chi connectivity index (χ1n) is 8.80. The molecule has 0 unspecified atom stereocenters. The number of fused-ring (bicyclic) bond motifs is 1. The fourth-order valence-corrected chi connectivity index (χ4v) is 3.69. The Kier molecular flexibility index (Phi) is 4.43. The van der Waals surface area contributed by atoms with Gasteiger partial charge in [0.05, 0.1) is 26.4 Å². The maximum atomic E-state index is 12.6. The molecule has 3 heterocycles. The number of hydrogen-bond acceptors (Lipinski definition) is 5. The second-order valence-electron chi connectivity index (χ2n) is 6.73. The number of ether oxygens (including phenoxy) is 4. The number of benzene rings is 1. The quantitative estimate of drug-likeness (QED) is 0.878. The van der Waals surface area contributed by atoms with Crippen molar-refractivity contribution in [3.8, 4) is 11.5 Å². The number of methoxy groups -OCH3 is 1. The van der Waals surface area contributed by atoms with Gasteiger partial charge in [0.25, 0.3) is 0 Å². The summed E-state index contributed by atoms with van der Waals surface area (Å²) in [6.45, 7) is 3.06. The maximum absolute atomic E-state index is 12.6. The zero-order valence-corrected chi connectivity index (χ0v) is 14.5. The van der Waals surface area contributed by atoms with E-state index in [0.29, 0.717) is 32.9 Å². The molecule has 0 aromatic heterocycles. The summed E-state index contributed by atoms with van der Waals surface area (Å²) >= 11 is 0. The van der Waals surface area contributed by atoms with Crippen LogP contribution in [0.15, 0.2) is 18.2 Å². The van der Waals surface area contributed by atoms with Gasteiger partial charge < -0.3 is 29.2 Å². The van der Waals surface area contributed by atoms with Crippen LogP contribution in [0, 0.1) is 0 Å². The molecule has 1 N–H and O–H groups in total. The zero-order valence-electron chi connectivity index (χ0n) is 14.5. The molecule has 3 aliphatic rings. The Morgan fingerprint density at radius 3 is 2.76 bits per heavy atom. The van der Waals surface area contributed by atoms with Gasteiger partial charge in [0.2, 0.25) is 0 Å². The van der Waals surface area contributed by atoms with Crippen molar-refractivity contribution in [2.45, 2.75) is 31.1 Å².